The van der Waals surface area contributed by atoms with Crippen molar-refractivity contribution in [2.45, 2.75) is 52.4 Å². The summed E-state index contributed by atoms with van der Waals surface area (Å²) in [5.41, 5.74) is 0. The van der Waals surface area contributed by atoms with Crippen LogP contribution in [0.1, 0.15) is 52.4 Å². The minimum Gasteiger partial charge on any atom is -0.748 e. The van der Waals surface area contributed by atoms with Gasteiger partial charge in [-0.15, -0.1) is 0 Å². The summed E-state index contributed by atoms with van der Waals surface area (Å²) in [6.07, 6.45) is 6.02. The van der Waals surface area contributed by atoms with Crippen LogP contribution in [-0.2, 0) is 10.1 Å². The third-order valence-corrected chi connectivity index (χ3v) is 2.96. The van der Waals surface area contributed by atoms with Gasteiger partial charge in [0.2, 0.25) is 0 Å². The van der Waals surface area contributed by atoms with Gasteiger partial charge < -0.3 is 4.55 Å². The molecule has 3 nitrogen and oxygen atoms in total. The van der Waals surface area contributed by atoms with Crippen LogP contribution >= 0.6 is 0 Å². The Morgan fingerprint density at radius 2 is 1.47 bits per heavy atom. The molecule has 5 heteroatoms. The van der Waals surface area contributed by atoms with Crippen LogP contribution in [0.4, 0.5) is 0 Å². The molecule has 0 spiro atoms. The number of hydrogen-bond acceptors (Lipinski definition) is 3. The monoisotopic (exact) mass is 260 g/mol. The van der Waals surface area contributed by atoms with Crippen molar-refractivity contribution in [3.63, 3.8) is 0 Å². The van der Waals surface area contributed by atoms with E-state index in [1.165, 1.54) is 12.8 Å². The number of unbranched alkanes of at least 4 members (excludes halogenated alkanes) is 4. The van der Waals surface area contributed by atoms with E-state index in [0.29, 0.717) is 6.42 Å². The minimum absolute atomic E-state index is 0. The van der Waals surface area contributed by atoms with Gasteiger partial charge in [0.1, 0.15) is 0 Å². The summed E-state index contributed by atoms with van der Waals surface area (Å²) in [5.74, 6) is 0.550. The predicted molar refractivity (Wildman–Crippen MR) is 57.1 cm³/mol. The average Bonchev–Trinajstić information content (AvgIpc) is 2.00. The summed E-state index contributed by atoms with van der Waals surface area (Å²) in [6, 6.07) is 0. The molecule has 0 saturated carbocycles. The van der Waals surface area contributed by atoms with Gasteiger partial charge in [-0.05, 0) is 12.3 Å². The van der Waals surface area contributed by atoms with Gasteiger partial charge in [0, 0.05) is 5.75 Å². The third kappa shape index (κ3) is 18.1. The zero-order valence-corrected chi connectivity index (χ0v) is 14.1. The van der Waals surface area contributed by atoms with E-state index < -0.39 is 10.1 Å². The Morgan fingerprint density at radius 1 is 1.00 bits per heavy atom. The summed E-state index contributed by atoms with van der Waals surface area (Å²) >= 11 is 0. The van der Waals surface area contributed by atoms with Crippen molar-refractivity contribution in [2.24, 2.45) is 5.92 Å². The van der Waals surface area contributed by atoms with E-state index in [9.17, 15) is 13.0 Å². The Balaban J connectivity index is 0. The number of rotatable bonds is 8. The van der Waals surface area contributed by atoms with E-state index in [4.69, 9.17) is 0 Å². The Kier molecular flexibility index (Phi) is 13.5. The maximum absolute atomic E-state index is 10.3. The van der Waals surface area contributed by atoms with Crippen LogP contribution in [0.5, 0.6) is 0 Å². The first-order valence-electron chi connectivity index (χ1n) is 5.35. The topological polar surface area (TPSA) is 57.2 Å². The van der Waals surface area contributed by atoms with Crippen LogP contribution in [0.25, 0.3) is 0 Å². The average molecular weight is 260 g/mol. The molecule has 0 aliphatic heterocycles. The van der Waals surface area contributed by atoms with Crippen LogP contribution in [0.2, 0.25) is 0 Å². The van der Waals surface area contributed by atoms with E-state index in [1.807, 2.05) is 0 Å². The molecule has 0 aromatic heterocycles. The van der Waals surface area contributed by atoms with Gasteiger partial charge in [0.25, 0.3) is 0 Å². The second-order valence-corrected chi connectivity index (χ2v) is 5.74. The standard InChI is InChI=1S/C10H22O3S.K/c1-10(2)8-6-4-3-5-7-9-14(11,12)13;/h10H,3-9H2,1-2H3,(H,11,12,13);/q;+1/p-1. The van der Waals surface area contributed by atoms with Gasteiger partial charge >= 0.3 is 51.4 Å². The molecule has 0 amide bonds. The SMILES string of the molecule is CC(C)CCCCCCCS(=O)(=O)[O-].[K+]. The molecule has 0 fully saturated rings. The van der Waals surface area contributed by atoms with Crippen molar-refractivity contribution >= 4 is 10.1 Å². The first kappa shape index (κ1) is 18.9. The molecule has 0 N–H and O–H groups in total. The van der Waals surface area contributed by atoms with Gasteiger partial charge in [0.15, 0.2) is 0 Å². The quantitative estimate of drug-likeness (QED) is 0.337. The largest absolute Gasteiger partial charge is 1.00 e. The molecule has 0 aliphatic rings. The summed E-state index contributed by atoms with van der Waals surface area (Å²) in [4.78, 5) is 0. The van der Waals surface area contributed by atoms with Crippen molar-refractivity contribution < 1.29 is 64.4 Å². The fourth-order valence-electron chi connectivity index (χ4n) is 1.36. The molecule has 15 heavy (non-hydrogen) atoms. The minimum atomic E-state index is -3.98. The van der Waals surface area contributed by atoms with Gasteiger partial charge in [-0.25, -0.2) is 8.42 Å². The molecule has 0 heterocycles. The predicted octanol–water partition coefficient (Wildman–Crippen LogP) is -0.468. The van der Waals surface area contributed by atoms with Crippen LogP contribution in [0.3, 0.4) is 0 Å². The molecular formula is C10H21KO3S. The van der Waals surface area contributed by atoms with Gasteiger partial charge in [-0.1, -0.05) is 46.0 Å². The Labute approximate surface area is 137 Å². The Bertz CT molecular complexity index is 225. The molecule has 0 aromatic rings. The maximum atomic E-state index is 10.3. The Hall–Kier alpha value is 1.55. The summed E-state index contributed by atoms with van der Waals surface area (Å²) in [5, 5.41) is 0. The van der Waals surface area contributed by atoms with Crippen LogP contribution in [0.15, 0.2) is 0 Å². The fraction of sp³-hybridized carbons (Fsp3) is 1.00. The van der Waals surface area contributed by atoms with E-state index in [-0.39, 0.29) is 57.1 Å². The Morgan fingerprint density at radius 3 is 1.93 bits per heavy atom. The second-order valence-electron chi connectivity index (χ2n) is 4.21. The van der Waals surface area contributed by atoms with Crippen molar-refractivity contribution in [1.29, 1.82) is 0 Å². The molecule has 0 aliphatic carbocycles. The molecule has 0 unspecified atom stereocenters. The van der Waals surface area contributed by atoms with Crippen LogP contribution in [-0.4, -0.2) is 18.7 Å². The van der Waals surface area contributed by atoms with Crippen molar-refractivity contribution in [3.05, 3.63) is 0 Å². The van der Waals surface area contributed by atoms with Gasteiger partial charge in [-0.3, -0.25) is 0 Å². The van der Waals surface area contributed by atoms with Crippen LogP contribution in [0, 0.1) is 5.92 Å². The van der Waals surface area contributed by atoms with Gasteiger partial charge in [-0.2, -0.15) is 0 Å². The molecule has 0 bridgehead atoms. The van der Waals surface area contributed by atoms with E-state index in [1.54, 1.807) is 0 Å². The molecule has 0 atom stereocenters. The van der Waals surface area contributed by atoms with Crippen molar-refractivity contribution in [1.82, 2.24) is 0 Å². The zero-order chi connectivity index (χ0) is 11.0. The van der Waals surface area contributed by atoms with E-state index in [2.05, 4.69) is 13.8 Å². The van der Waals surface area contributed by atoms with E-state index in [0.717, 1.165) is 25.2 Å². The van der Waals surface area contributed by atoms with Crippen molar-refractivity contribution in [2.75, 3.05) is 5.75 Å². The molecule has 86 valence electrons. The van der Waals surface area contributed by atoms with Gasteiger partial charge in [0.05, 0.1) is 10.1 Å². The first-order valence-corrected chi connectivity index (χ1v) is 6.93. The molecular weight excluding hydrogens is 239 g/mol. The third-order valence-electron chi connectivity index (χ3n) is 2.18. The number of hydrogen-bond donors (Lipinski definition) is 0. The summed E-state index contributed by atoms with van der Waals surface area (Å²) in [7, 11) is -3.98. The molecule has 0 rings (SSSR count). The first-order chi connectivity index (χ1) is 6.42. The molecule has 0 radical (unpaired) electrons. The maximum Gasteiger partial charge on any atom is 1.00 e. The summed E-state index contributed by atoms with van der Waals surface area (Å²) < 4.78 is 30.8. The molecule has 0 saturated heterocycles. The second kappa shape index (κ2) is 10.7. The molecule has 0 aromatic carbocycles. The van der Waals surface area contributed by atoms with Crippen molar-refractivity contribution in [3.8, 4) is 0 Å². The normalized spacial score (nSPS) is 11.5. The fourth-order valence-corrected chi connectivity index (χ4v) is 1.92. The smallest absolute Gasteiger partial charge is 0.748 e. The zero-order valence-electron chi connectivity index (χ0n) is 10.2. The van der Waals surface area contributed by atoms with Crippen LogP contribution < -0.4 is 51.4 Å². The van der Waals surface area contributed by atoms with E-state index >= 15 is 0 Å². The summed E-state index contributed by atoms with van der Waals surface area (Å²) in [6.45, 7) is 4.40.